The Morgan fingerprint density at radius 1 is 1.23 bits per heavy atom. The summed E-state index contributed by atoms with van der Waals surface area (Å²) in [6.07, 6.45) is 0.899. The summed E-state index contributed by atoms with van der Waals surface area (Å²) in [6, 6.07) is 10.4. The molecule has 0 bridgehead atoms. The van der Waals surface area contributed by atoms with E-state index in [9.17, 15) is 4.79 Å². The predicted octanol–water partition coefficient (Wildman–Crippen LogP) is 3.88. The van der Waals surface area contributed by atoms with Crippen molar-refractivity contribution in [3.05, 3.63) is 51.7 Å². The summed E-state index contributed by atoms with van der Waals surface area (Å²) in [4.78, 5) is 15.4. The normalized spacial score (nSPS) is 10.5. The van der Waals surface area contributed by atoms with Gasteiger partial charge >= 0.3 is 0 Å². The van der Waals surface area contributed by atoms with E-state index in [4.69, 9.17) is 0 Å². The fourth-order valence-electron chi connectivity index (χ4n) is 2.57. The van der Waals surface area contributed by atoms with Crippen LogP contribution in [0.4, 0.5) is 5.69 Å². The molecule has 0 aliphatic heterocycles. The smallest absolute Gasteiger partial charge is 0.261 e. The molecule has 0 unspecified atom stereocenters. The molecule has 0 spiro atoms. The molecule has 1 aromatic heterocycles. The second-order valence-corrected chi connectivity index (χ2v) is 6.17. The quantitative estimate of drug-likeness (QED) is 0.841. The number of carbonyl (C=O) groups is 1. The van der Waals surface area contributed by atoms with Crippen molar-refractivity contribution in [3.63, 3.8) is 0 Å². The number of anilines is 1. The molecule has 4 heteroatoms. The molecule has 1 aromatic carbocycles. The maximum atomic E-state index is 12.2. The molecule has 0 saturated heterocycles. The summed E-state index contributed by atoms with van der Waals surface area (Å²) in [5.41, 5.74) is 3.64. The minimum absolute atomic E-state index is 0.0488. The number of benzene rings is 1. The van der Waals surface area contributed by atoms with Crippen LogP contribution in [0.25, 0.3) is 0 Å². The number of aryl methyl sites for hydroxylation is 2. The lowest BCUT2D eigenvalue weighted by Crippen LogP contribution is -2.35. The summed E-state index contributed by atoms with van der Waals surface area (Å²) in [6.45, 7) is 8.75. The number of amides is 1. The second-order valence-electron chi connectivity index (χ2n) is 5.25. The Morgan fingerprint density at radius 2 is 2.00 bits per heavy atom. The number of rotatable bonds is 7. The zero-order valence-corrected chi connectivity index (χ0v) is 14.4. The van der Waals surface area contributed by atoms with Gasteiger partial charge in [0.15, 0.2) is 0 Å². The molecular formula is C18H24N2OS. The van der Waals surface area contributed by atoms with Crippen molar-refractivity contribution in [1.82, 2.24) is 5.32 Å². The lowest BCUT2D eigenvalue weighted by atomic mass is 10.2. The Hall–Kier alpha value is -1.81. The van der Waals surface area contributed by atoms with Crippen LogP contribution in [0.3, 0.4) is 0 Å². The van der Waals surface area contributed by atoms with Crippen LogP contribution in [0.15, 0.2) is 35.7 Å². The third-order valence-electron chi connectivity index (χ3n) is 3.84. The molecule has 2 aromatic rings. The highest BCUT2D eigenvalue weighted by molar-refractivity contribution is 7.12. The minimum Gasteiger partial charge on any atom is -0.370 e. The van der Waals surface area contributed by atoms with Gasteiger partial charge in [0.05, 0.1) is 4.88 Å². The lowest BCUT2D eigenvalue weighted by molar-refractivity contribution is 0.0958. The molecule has 2 rings (SSSR count). The first-order valence-corrected chi connectivity index (χ1v) is 8.70. The van der Waals surface area contributed by atoms with Crippen LogP contribution in [0.1, 0.15) is 34.6 Å². The average molecular weight is 316 g/mol. The number of likely N-dealkylation sites (N-methyl/N-ethyl adjacent to an activating group) is 1. The minimum atomic E-state index is 0.0488. The van der Waals surface area contributed by atoms with Crippen molar-refractivity contribution in [2.75, 3.05) is 24.5 Å². The third-order valence-corrected chi connectivity index (χ3v) is 4.79. The molecule has 0 saturated carbocycles. The second kappa shape index (κ2) is 7.99. The Labute approximate surface area is 137 Å². The summed E-state index contributed by atoms with van der Waals surface area (Å²) < 4.78 is 0. The highest BCUT2D eigenvalue weighted by Crippen LogP contribution is 2.19. The van der Waals surface area contributed by atoms with Gasteiger partial charge in [-0.05, 0) is 48.9 Å². The molecule has 1 heterocycles. The summed E-state index contributed by atoms with van der Waals surface area (Å²) >= 11 is 1.52. The largest absolute Gasteiger partial charge is 0.370 e. The Kier molecular flexibility index (Phi) is 6.01. The van der Waals surface area contributed by atoms with Crippen molar-refractivity contribution >= 4 is 22.9 Å². The zero-order valence-electron chi connectivity index (χ0n) is 13.6. The number of nitrogens with zero attached hydrogens (tertiary/aromatic N) is 1. The molecular weight excluding hydrogens is 292 g/mol. The molecule has 0 fully saturated rings. The number of thiophene rings is 1. The van der Waals surface area contributed by atoms with E-state index in [1.54, 1.807) is 0 Å². The number of hydrogen-bond acceptors (Lipinski definition) is 3. The highest BCUT2D eigenvalue weighted by atomic mass is 32.1. The number of nitrogens with one attached hydrogen (secondary N) is 1. The van der Waals surface area contributed by atoms with Gasteiger partial charge in [0.2, 0.25) is 0 Å². The maximum Gasteiger partial charge on any atom is 0.261 e. The zero-order chi connectivity index (χ0) is 15.9. The fraction of sp³-hybridized carbons (Fsp3) is 0.389. The number of carbonyl (C=O) groups excluding carboxylic acids is 1. The summed E-state index contributed by atoms with van der Waals surface area (Å²) in [5, 5.41) is 5.03. The SMILES string of the molecule is CCc1ccsc1C(=O)NCCN(CC)c1ccccc1C. The van der Waals surface area contributed by atoms with Crippen molar-refractivity contribution < 1.29 is 4.79 Å². The fourth-order valence-corrected chi connectivity index (χ4v) is 3.48. The van der Waals surface area contributed by atoms with Gasteiger partial charge in [-0.2, -0.15) is 0 Å². The maximum absolute atomic E-state index is 12.2. The monoisotopic (exact) mass is 316 g/mol. The molecule has 0 radical (unpaired) electrons. The van der Waals surface area contributed by atoms with E-state index in [-0.39, 0.29) is 5.91 Å². The van der Waals surface area contributed by atoms with Crippen LogP contribution in [0.5, 0.6) is 0 Å². The molecule has 118 valence electrons. The van der Waals surface area contributed by atoms with Crippen molar-refractivity contribution in [3.8, 4) is 0 Å². The molecule has 0 aliphatic rings. The van der Waals surface area contributed by atoms with Gasteiger partial charge in [-0.15, -0.1) is 11.3 Å². The van der Waals surface area contributed by atoms with Crippen LogP contribution < -0.4 is 10.2 Å². The van der Waals surface area contributed by atoms with E-state index in [1.807, 2.05) is 11.4 Å². The summed E-state index contributed by atoms with van der Waals surface area (Å²) in [7, 11) is 0. The van der Waals surface area contributed by atoms with Gasteiger partial charge in [-0.1, -0.05) is 25.1 Å². The van der Waals surface area contributed by atoms with Crippen LogP contribution >= 0.6 is 11.3 Å². The Balaban J connectivity index is 1.92. The van der Waals surface area contributed by atoms with Gasteiger partial charge in [0.1, 0.15) is 0 Å². The standard InChI is InChI=1S/C18H24N2OS/c1-4-15-10-13-22-17(15)18(21)19-11-12-20(5-2)16-9-7-6-8-14(16)3/h6-10,13H,4-5,11-12H2,1-3H3,(H,19,21). The van der Waals surface area contributed by atoms with Gasteiger partial charge in [0.25, 0.3) is 5.91 Å². The predicted molar refractivity (Wildman–Crippen MR) is 95.1 cm³/mol. The molecule has 0 aliphatic carbocycles. The topological polar surface area (TPSA) is 32.3 Å². The number of para-hydroxylation sites is 1. The van der Waals surface area contributed by atoms with E-state index in [1.165, 1.54) is 22.6 Å². The van der Waals surface area contributed by atoms with Crippen molar-refractivity contribution in [2.24, 2.45) is 0 Å². The van der Waals surface area contributed by atoms with Crippen LogP contribution in [0, 0.1) is 6.92 Å². The molecule has 0 atom stereocenters. The van der Waals surface area contributed by atoms with E-state index in [0.29, 0.717) is 6.54 Å². The molecule has 22 heavy (non-hydrogen) atoms. The molecule has 3 nitrogen and oxygen atoms in total. The molecule has 1 amide bonds. The van der Waals surface area contributed by atoms with E-state index < -0.39 is 0 Å². The van der Waals surface area contributed by atoms with Crippen LogP contribution in [-0.2, 0) is 6.42 Å². The Bertz CT molecular complexity index is 621. The number of hydrogen-bond donors (Lipinski definition) is 1. The van der Waals surface area contributed by atoms with Gasteiger partial charge in [-0.25, -0.2) is 0 Å². The average Bonchev–Trinajstić information content (AvgIpc) is 3.01. The van der Waals surface area contributed by atoms with Crippen molar-refractivity contribution in [1.29, 1.82) is 0 Å². The first kappa shape index (κ1) is 16.6. The van der Waals surface area contributed by atoms with E-state index in [0.717, 1.165) is 30.0 Å². The first-order chi connectivity index (χ1) is 10.7. The molecule has 1 N–H and O–H groups in total. The van der Waals surface area contributed by atoms with Gasteiger partial charge in [-0.3, -0.25) is 4.79 Å². The summed E-state index contributed by atoms with van der Waals surface area (Å²) in [5.74, 6) is 0.0488. The van der Waals surface area contributed by atoms with Crippen molar-refractivity contribution in [2.45, 2.75) is 27.2 Å². The van der Waals surface area contributed by atoms with Crippen LogP contribution in [0.2, 0.25) is 0 Å². The van der Waals surface area contributed by atoms with Crippen LogP contribution in [-0.4, -0.2) is 25.5 Å². The lowest BCUT2D eigenvalue weighted by Gasteiger charge is -2.25. The first-order valence-electron chi connectivity index (χ1n) is 7.82. The Morgan fingerprint density at radius 3 is 2.68 bits per heavy atom. The van der Waals surface area contributed by atoms with Gasteiger partial charge in [0, 0.05) is 25.3 Å². The van der Waals surface area contributed by atoms with E-state index in [2.05, 4.69) is 55.3 Å². The van der Waals surface area contributed by atoms with E-state index >= 15 is 0 Å². The third kappa shape index (κ3) is 3.89. The highest BCUT2D eigenvalue weighted by Gasteiger charge is 2.12. The van der Waals surface area contributed by atoms with Gasteiger partial charge < -0.3 is 10.2 Å².